The van der Waals surface area contributed by atoms with Crippen molar-refractivity contribution in [3.63, 3.8) is 0 Å². The van der Waals surface area contributed by atoms with Crippen LogP contribution in [0.5, 0.6) is 0 Å². The van der Waals surface area contributed by atoms with Crippen LogP contribution in [0.3, 0.4) is 0 Å². The Morgan fingerprint density at radius 3 is 3.07 bits per heavy atom. The average molecular weight is 192 g/mol. The Morgan fingerprint density at radius 2 is 2.50 bits per heavy atom. The molecule has 4 heteroatoms. The molecule has 1 heterocycles. The molecule has 4 nitrogen and oxygen atoms in total. The number of hydrogen-bond donors (Lipinski definition) is 0. The first-order chi connectivity index (χ1) is 6.69. The summed E-state index contributed by atoms with van der Waals surface area (Å²) in [6.45, 7) is 4.18. The van der Waals surface area contributed by atoms with Gasteiger partial charge in [0.2, 0.25) is 0 Å². The van der Waals surface area contributed by atoms with Gasteiger partial charge in [0, 0.05) is 0 Å². The number of rotatable bonds is 3. The second kappa shape index (κ2) is 4.47. The zero-order valence-electron chi connectivity index (χ0n) is 8.28. The van der Waals surface area contributed by atoms with Crippen LogP contribution in [0.15, 0.2) is 6.07 Å². The predicted molar refractivity (Wildman–Crippen MR) is 51.8 cm³/mol. The highest BCUT2D eigenvalue weighted by Crippen LogP contribution is 2.05. The second-order valence-electron chi connectivity index (χ2n) is 2.75. The molecule has 0 fully saturated rings. The highest BCUT2D eigenvalue weighted by molar-refractivity contribution is 5.87. The summed E-state index contributed by atoms with van der Waals surface area (Å²) in [6, 6.07) is 1.66. The summed E-state index contributed by atoms with van der Waals surface area (Å²) >= 11 is 0. The third-order valence-corrected chi connectivity index (χ3v) is 1.63. The summed E-state index contributed by atoms with van der Waals surface area (Å²) in [5.74, 6) is 2.04. The van der Waals surface area contributed by atoms with Gasteiger partial charge < -0.3 is 4.74 Å². The van der Waals surface area contributed by atoms with E-state index in [0.29, 0.717) is 12.3 Å². The van der Waals surface area contributed by atoms with Crippen LogP contribution in [0.4, 0.5) is 0 Å². The van der Waals surface area contributed by atoms with Gasteiger partial charge in [-0.2, -0.15) is 5.10 Å². The molecule has 0 saturated carbocycles. The second-order valence-corrected chi connectivity index (χ2v) is 2.75. The summed E-state index contributed by atoms with van der Waals surface area (Å²) in [5.41, 5.74) is 1.16. The summed E-state index contributed by atoms with van der Waals surface area (Å²) < 4.78 is 6.33. The molecule has 0 aliphatic carbocycles. The van der Waals surface area contributed by atoms with E-state index in [4.69, 9.17) is 11.2 Å². The van der Waals surface area contributed by atoms with Crippen LogP contribution < -0.4 is 0 Å². The molecule has 0 aliphatic heterocycles. The lowest BCUT2D eigenvalue weighted by Crippen LogP contribution is -2.12. The Kier molecular flexibility index (Phi) is 3.29. The lowest BCUT2D eigenvalue weighted by Gasteiger charge is -2.02. The van der Waals surface area contributed by atoms with E-state index in [-0.39, 0.29) is 12.5 Å². The van der Waals surface area contributed by atoms with Crippen molar-refractivity contribution in [2.75, 3.05) is 6.61 Å². The Morgan fingerprint density at radius 1 is 1.79 bits per heavy atom. The number of esters is 1. The number of terminal acetylenes is 1. The molecule has 0 amide bonds. The summed E-state index contributed by atoms with van der Waals surface area (Å²) in [5, 5.41) is 4.08. The highest BCUT2D eigenvalue weighted by Gasteiger charge is 2.13. The molecule has 74 valence electrons. The van der Waals surface area contributed by atoms with Crippen LogP contribution in [-0.4, -0.2) is 22.4 Å². The van der Waals surface area contributed by atoms with Crippen molar-refractivity contribution >= 4 is 5.97 Å². The third-order valence-electron chi connectivity index (χ3n) is 1.63. The standard InChI is InChI=1S/C10H12N2O2/c1-4-6-12-9(7-8(3)11-12)10(13)14-5-2/h1,7H,5-6H2,2-3H3. The Hall–Kier alpha value is -1.76. The lowest BCUT2D eigenvalue weighted by atomic mass is 10.4. The van der Waals surface area contributed by atoms with Gasteiger partial charge in [-0.15, -0.1) is 6.42 Å². The molecule has 0 unspecified atom stereocenters. The fraction of sp³-hybridized carbons (Fsp3) is 0.400. The summed E-state index contributed by atoms with van der Waals surface area (Å²) in [6.07, 6.45) is 5.15. The van der Waals surface area contributed by atoms with E-state index in [2.05, 4.69) is 11.0 Å². The van der Waals surface area contributed by atoms with E-state index in [9.17, 15) is 4.79 Å². The average Bonchev–Trinajstić information content (AvgIpc) is 2.48. The first kappa shape index (κ1) is 10.3. The predicted octanol–water partition coefficient (Wildman–Crippen LogP) is 1.00. The topological polar surface area (TPSA) is 44.1 Å². The van der Waals surface area contributed by atoms with E-state index in [1.165, 1.54) is 4.68 Å². The van der Waals surface area contributed by atoms with Crippen molar-refractivity contribution < 1.29 is 9.53 Å². The minimum Gasteiger partial charge on any atom is -0.461 e. The van der Waals surface area contributed by atoms with Crippen LogP contribution in [0.25, 0.3) is 0 Å². The van der Waals surface area contributed by atoms with Crippen LogP contribution >= 0.6 is 0 Å². The normalized spacial score (nSPS) is 9.50. The van der Waals surface area contributed by atoms with Crippen molar-refractivity contribution in [3.05, 3.63) is 17.5 Å². The maximum atomic E-state index is 11.4. The number of ether oxygens (including phenoxy) is 1. The maximum Gasteiger partial charge on any atom is 0.356 e. The molecule has 0 radical (unpaired) electrons. The van der Waals surface area contributed by atoms with E-state index in [1.807, 2.05) is 0 Å². The fourth-order valence-electron chi connectivity index (χ4n) is 1.12. The molecule has 1 rings (SSSR count). The SMILES string of the molecule is C#CCn1nc(C)cc1C(=O)OCC. The van der Waals surface area contributed by atoms with Crippen molar-refractivity contribution in [2.24, 2.45) is 0 Å². The molecule has 0 saturated heterocycles. The van der Waals surface area contributed by atoms with E-state index < -0.39 is 0 Å². The Labute approximate surface area is 82.9 Å². The number of aromatic nitrogens is 2. The van der Waals surface area contributed by atoms with Gasteiger partial charge in [0.05, 0.1) is 12.3 Å². The Bertz CT molecular complexity index is 374. The van der Waals surface area contributed by atoms with Crippen LogP contribution in [0.1, 0.15) is 23.1 Å². The first-order valence-corrected chi connectivity index (χ1v) is 4.34. The molecule has 1 aromatic heterocycles. The third kappa shape index (κ3) is 2.13. The molecule has 14 heavy (non-hydrogen) atoms. The van der Waals surface area contributed by atoms with Crippen molar-refractivity contribution in [1.29, 1.82) is 0 Å². The van der Waals surface area contributed by atoms with Gasteiger partial charge in [-0.1, -0.05) is 5.92 Å². The van der Waals surface area contributed by atoms with Gasteiger partial charge in [-0.25, -0.2) is 9.48 Å². The van der Waals surface area contributed by atoms with Crippen molar-refractivity contribution in [2.45, 2.75) is 20.4 Å². The highest BCUT2D eigenvalue weighted by atomic mass is 16.5. The monoisotopic (exact) mass is 192 g/mol. The molecular weight excluding hydrogens is 180 g/mol. The van der Waals surface area contributed by atoms with Gasteiger partial charge in [0.1, 0.15) is 12.2 Å². The zero-order chi connectivity index (χ0) is 10.6. The molecule has 0 atom stereocenters. The van der Waals surface area contributed by atoms with Gasteiger partial charge in [-0.3, -0.25) is 0 Å². The van der Waals surface area contributed by atoms with Crippen LogP contribution in [0, 0.1) is 19.3 Å². The van der Waals surface area contributed by atoms with Crippen molar-refractivity contribution in [1.82, 2.24) is 9.78 Å². The molecule has 0 spiro atoms. The lowest BCUT2D eigenvalue weighted by molar-refractivity contribution is 0.0513. The Balaban J connectivity index is 2.95. The summed E-state index contributed by atoms with van der Waals surface area (Å²) in [4.78, 5) is 11.4. The van der Waals surface area contributed by atoms with Crippen LogP contribution in [-0.2, 0) is 11.3 Å². The molecule has 0 N–H and O–H groups in total. The number of carbonyl (C=O) groups is 1. The maximum absolute atomic E-state index is 11.4. The smallest absolute Gasteiger partial charge is 0.356 e. The number of nitrogens with zero attached hydrogens (tertiary/aromatic N) is 2. The minimum atomic E-state index is -0.386. The number of carbonyl (C=O) groups excluding carboxylic acids is 1. The molecule has 0 aromatic carbocycles. The van der Waals surface area contributed by atoms with E-state index >= 15 is 0 Å². The van der Waals surface area contributed by atoms with Gasteiger partial charge in [0.15, 0.2) is 0 Å². The zero-order valence-corrected chi connectivity index (χ0v) is 8.28. The van der Waals surface area contributed by atoms with Gasteiger partial charge in [-0.05, 0) is 19.9 Å². The fourth-order valence-corrected chi connectivity index (χ4v) is 1.12. The van der Waals surface area contributed by atoms with Crippen molar-refractivity contribution in [3.8, 4) is 12.3 Å². The largest absolute Gasteiger partial charge is 0.461 e. The molecule has 0 bridgehead atoms. The van der Waals surface area contributed by atoms with E-state index in [1.54, 1.807) is 19.9 Å². The first-order valence-electron chi connectivity index (χ1n) is 4.34. The molecular formula is C10H12N2O2. The van der Waals surface area contributed by atoms with Crippen LogP contribution in [0.2, 0.25) is 0 Å². The molecule has 0 aliphatic rings. The van der Waals surface area contributed by atoms with Gasteiger partial charge >= 0.3 is 5.97 Å². The number of aryl methyl sites for hydroxylation is 1. The van der Waals surface area contributed by atoms with Gasteiger partial charge in [0.25, 0.3) is 0 Å². The summed E-state index contributed by atoms with van der Waals surface area (Å²) in [7, 11) is 0. The minimum absolute atomic E-state index is 0.280. The molecule has 1 aromatic rings. The quantitative estimate of drug-likeness (QED) is 0.530. The number of hydrogen-bond acceptors (Lipinski definition) is 3. The van der Waals surface area contributed by atoms with E-state index in [0.717, 1.165) is 5.69 Å².